The highest BCUT2D eigenvalue weighted by atomic mass is 35.5. The molecule has 0 atom stereocenters. The van der Waals surface area contributed by atoms with Crippen molar-refractivity contribution in [1.82, 2.24) is 19.0 Å². The van der Waals surface area contributed by atoms with Crippen LogP contribution in [0.15, 0.2) is 47.7 Å². The van der Waals surface area contributed by atoms with Crippen molar-refractivity contribution in [3.05, 3.63) is 75.2 Å². The zero-order valence-electron chi connectivity index (χ0n) is 18.2. The largest absolute Gasteiger partial charge is 0.491 e. The minimum Gasteiger partial charge on any atom is -0.491 e. The van der Waals surface area contributed by atoms with Gasteiger partial charge in [-0.3, -0.25) is 9.59 Å². The third kappa shape index (κ3) is 4.28. The molecule has 2 aromatic heterocycles. The molecule has 168 valence electrons. The van der Waals surface area contributed by atoms with Gasteiger partial charge in [-0.25, -0.2) is 4.98 Å². The zero-order chi connectivity index (χ0) is 23.0. The fourth-order valence-electron chi connectivity index (χ4n) is 3.79. The summed E-state index contributed by atoms with van der Waals surface area (Å²) < 4.78 is 9.05. The van der Waals surface area contributed by atoms with E-state index in [1.165, 1.54) is 4.57 Å². The summed E-state index contributed by atoms with van der Waals surface area (Å²) in [5.74, 6) is 0.298. The Balaban J connectivity index is 1.47. The number of amides is 1. The Hall–Kier alpha value is -3.10. The van der Waals surface area contributed by atoms with Crippen LogP contribution >= 0.6 is 11.6 Å². The second-order valence-electron chi connectivity index (χ2n) is 8.32. The van der Waals surface area contributed by atoms with Crippen LogP contribution in [-0.2, 0) is 12.1 Å². The molecule has 1 N–H and O–H groups in total. The lowest BCUT2D eigenvalue weighted by Gasteiger charge is -2.30. The highest BCUT2D eigenvalue weighted by Crippen LogP contribution is 2.32. The van der Waals surface area contributed by atoms with E-state index in [1.807, 2.05) is 6.92 Å². The number of pyridine rings is 1. The molecule has 0 saturated carbocycles. The number of benzene rings is 1. The summed E-state index contributed by atoms with van der Waals surface area (Å²) in [6.07, 6.45) is 3.36. The fraction of sp³-hybridized carbons (Fsp3) is 0.348. The molecule has 8 nitrogen and oxygen atoms in total. The molecule has 32 heavy (non-hydrogen) atoms. The molecule has 0 radical (unpaired) electrons. The van der Waals surface area contributed by atoms with Gasteiger partial charge in [0.2, 0.25) is 0 Å². The Kier molecular flexibility index (Phi) is 5.83. The predicted molar refractivity (Wildman–Crippen MR) is 121 cm³/mol. The Morgan fingerprint density at radius 3 is 2.66 bits per heavy atom. The van der Waals surface area contributed by atoms with Crippen molar-refractivity contribution in [2.24, 2.45) is 0 Å². The molecule has 0 aliphatic carbocycles. The van der Waals surface area contributed by atoms with Crippen molar-refractivity contribution in [3.63, 3.8) is 0 Å². The number of aliphatic hydroxyl groups is 1. The number of aromatic nitrogens is 3. The van der Waals surface area contributed by atoms with Gasteiger partial charge < -0.3 is 23.9 Å². The van der Waals surface area contributed by atoms with E-state index in [4.69, 9.17) is 16.3 Å². The maximum atomic E-state index is 13.0. The highest BCUT2D eigenvalue weighted by molar-refractivity contribution is 6.30. The van der Waals surface area contributed by atoms with E-state index in [0.29, 0.717) is 47.4 Å². The van der Waals surface area contributed by atoms with Crippen molar-refractivity contribution in [1.29, 1.82) is 0 Å². The lowest BCUT2D eigenvalue weighted by molar-refractivity contribution is 0.0648. The smallest absolute Gasteiger partial charge is 0.275 e. The van der Waals surface area contributed by atoms with E-state index in [9.17, 15) is 14.7 Å². The molecule has 1 aliphatic rings. The van der Waals surface area contributed by atoms with Gasteiger partial charge in [-0.2, -0.15) is 0 Å². The summed E-state index contributed by atoms with van der Waals surface area (Å²) in [7, 11) is 0. The molecule has 0 saturated heterocycles. The van der Waals surface area contributed by atoms with Crippen LogP contribution in [0.4, 0.5) is 0 Å². The van der Waals surface area contributed by atoms with Crippen molar-refractivity contribution in [3.8, 4) is 11.4 Å². The molecule has 0 spiro atoms. The molecule has 1 amide bonds. The number of carbonyl (C=O) groups is 1. The van der Waals surface area contributed by atoms with Gasteiger partial charge in [0.25, 0.3) is 11.5 Å². The van der Waals surface area contributed by atoms with Crippen molar-refractivity contribution >= 4 is 17.5 Å². The molecule has 3 aromatic rings. The first-order valence-corrected chi connectivity index (χ1v) is 10.7. The standard InChI is InChI=1S/C23H25ClN4O4/c1-15-13-27(14-25-15)18-5-6-19-21(29)26(8-9-28(19)22(18)30)10-11-32-20-7-4-16(24)12-17(20)23(2,3)31/h4-7,12-14,31H,8-11H2,1-3H3. The first kappa shape index (κ1) is 22.1. The molecule has 0 fully saturated rings. The van der Waals surface area contributed by atoms with Crippen LogP contribution in [0.25, 0.3) is 5.69 Å². The van der Waals surface area contributed by atoms with Gasteiger partial charge in [0.1, 0.15) is 23.7 Å². The number of fused-ring (bicyclic) bond motifs is 1. The van der Waals surface area contributed by atoms with E-state index in [-0.39, 0.29) is 18.1 Å². The van der Waals surface area contributed by atoms with Crippen LogP contribution in [0, 0.1) is 6.92 Å². The van der Waals surface area contributed by atoms with Gasteiger partial charge >= 0.3 is 0 Å². The molecule has 4 rings (SSSR count). The topological polar surface area (TPSA) is 89.6 Å². The Morgan fingerprint density at radius 1 is 1.19 bits per heavy atom. The second-order valence-corrected chi connectivity index (χ2v) is 8.76. The first-order chi connectivity index (χ1) is 15.1. The van der Waals surface area contributed by atoms with Crippen LogP contribution in [0.2, 0.25) is 5.02 Å². The summed E-state index contributed by atoms with van der Waals surface area (Å²) in [6, 6.07) is 8.40. The van der Waals surface area contributed by atoms with Gasteiger partial charge in [0.05, 0.1) is 24.2 Å². The number of aryl methyl sites for hydroxylation is 1. The number of halogens is 1. The first-order valence-electron chi connectivity index (χ1n) is 10.3. The average molecular weight is 457 g/mol. The predicted octanol–water partition coefficient (Wildman–Crippen LogP) is 2.76. The lowest BCUT2D eigenvalue weighted by Crippen LogP contribution is -2.46. The minimum atomic E-state index is -1.12. The monoisotopic (exact) mass is 456 g/mol. The van der Waals surface area contributed by atoms with E-state index in [2.05, 4.69) is 4.98 Å². The summed E-state index contributed by atoms with van der Waals surface area (Å²) in [6.45, 7) is 6.57. The molecular weight excluding hydrogens is 432 g/mol. The summed E-state index contributed by atoms with van der Waals surface area (Å²) in [5.41, 5.74) is 0.857. The van der Waals surface area contributed by atoms with Gasteiger partial charge in [-0.05, 0) is 51.1 Å². The Morgan fingerprint density at radius 2 is 1.97 bits per heavy atom. The Labute approximate surface area is 190 Å². The molecule has 0 bridgehead atoms. The zero-order valence-corrected chi connectivity index (χ0v) is 19.0. The van der Waals surface area contributed by atoms with E-state index < -0.39 is 5.60 Å². The number of imidazole rings is 1. The molecule has 3 heterocycles. The number of ether oxygens (including phenoxy) is 1. The third-order valence-corrected chi connectivity index (χ3v) is 5.70. The van der Waals surface area contributed by atoms with Gasteiger partial charge in [0, 0.05) is 29.9 Å². The molecule has 1 aliphatic heterocycles. The summed E-state index contributed by atoms with van der Waals surface area (Å²) >= 11 is 6.06. The molecule has 9 heteroatoms. The fourth-order valence-corrected chi connectivity index (χ4v) is 3.97. The number of hydrogen-bond donors (Lipinski definition) is 1. The summed E-state index contributed by atoms with van der Waals surface area (Å²) in [4.78, 5) is 31.7. The number of rotatable bonds is 6. The van der Waals surface area contributed by atoms with Crippen LogP contribution in [0.5, 0.6) is 5.75 Å². The van der Waals surface area contributed by atoms with E-state index in [1.54, 1.807) is 66.2 Å². The van der Waals surface area contributed by atoms with Crippen LogP contribution < -0.4 is 10.3 Å². The maximum absolute atomic E-state index is 13.0. The van der Waals surface area contributed by atoms with Gasteiger partial charge in [-0.15, -0.1) is 0 Å². The van der Waals surface area contributed by atoms with Crippen molar-refractivity contribution < 1.29 is 14.6 Å². The maximum Gasteiger partial charge on any atom is 0.275 e. The van der Waals surface area contributed by atoms with Crippen molar-refractivity contribution in [2.45, 2.75) is 32.9 Å². The number of carbonyl (C=O) groups excluding carboxylic acids is 1. The minimum absolute atomic E-state index is 0.218. The Bertz CT molecular complexity index is 1230. The van der Waals surface area contributed by atoms with Crippen LogP contribution in [-0.4, -0.2) is 49.7 Å². The molecule has 1 aromatic carbocycles. The highest BCUT2D eigenvalue weighted by Gasteiger charge is 2.27. The van der Waals surface area contributed by atoms with Crippen molar-refractivity contribution in [2.75, 3.05) is 19.7 Å². The SMILES string of the molecule is Cc1cn(-c2ccc3n(c2=O)CCN(CCOc2ccc(Cl)cc2C(C)(C)O)C3=O)cn1. The quantitative estimate of drug-likeness (QED) is 0.616. The number of hydrogen-bond acceptors (Lipinski definition) is 5. The van der Waals surface area contributed by atoms with Gasteiger partial charge in [0.15, 0.2) is 0 Å². The average Bonchev–Trinajstić information content (AvgIpc) is 3.16. The van der Waals surface area contributed by atoms with Crippen LogP contribution in [0.1, 0.15) is 35.6 Å². The second kappa shape index (κ2) is 8.44. The lowest BCUT2D eigenvalue weighted by atomic mass is 9.97. The normalized spacial score (nSPS) is 13.9. The molecular formula is C23H25ClN4O4. The molecule has 0 unspecified atom stereocenters. The summed E-state index contributed by atoms with van der Waals surface area (Å²) in [5, 5.41) is 10.9. The third-order valence-electron chi connectivity index (χ3n) is 5.46. The van der Waals surface area contributed by atoms with E-state index in [0.717, 1.165) is 5.69 Å². The number of nitrogens with zero attached hydrogens (tertiary/aromatic N) is 4. The van der Waals surface area contributed by atoms with Crippen LogP contribution in [0.3, 0.4) is 0 Å². The van der Waals surface area contributed by atoms with E-state index >= 15 is 0 Å². The van der Waals surface area contributed by atoms with Gasteiger partial charge in [-0.1, -0.05) is 11.6 Å².